The fourth-order valence-electron chi connectivity index (χ4n) is 4.51. The third kappa shape index (κ3) is 5.34. The van der Waals surface area contributed by atoms with Crippen LogP contribution in [0.25, 0.3) is 0 Å². The van der Waals surface area contributed by atoms with Crippen molar-refractivity contribution in [1.29, 1.82) is 0 Å². The van der Waals surface area contributed by atoms with E-state index in [-0.39, 0.29) is 43.3 Å². The van der Waals surface area contributed by atoms with E-state index in [0.29, 0.717) is 24.5 Å². The molecule has 0 saturated carbocycles. The van der Waals surface area contributed by atoms with Crippen LogP contribution in [0.4, 0.5) is 17.1 Å². The van der Waals surface area contributed by atoms with Gasteiger partial charge >= 0.3 is 0 Å². The van der Waals surface area contributed by atoms with Gasteiger partial charge < -0.3 is 20.0 Å². The van der Waals surface area contributed by atoms with Gasteiger partial charge in [0, 0.05) is 44.3 Å². The number of carbonyl (C=O) groups excluding carboxylic acids is 3. The highest BCUT2D eigenvalue weighted by Gasteiger charge is 2.30. The largest absolute Gasteiger partial charge is 0.368 e. The van der Waals surface area contributed by atoms with E-state index in [2.05, 4.69) is 22.3 Å². The maximum atomic E-state index is 13.2. The number of benzene rings is 2. The van der Waals surface area contributed by atoms with E-state index in [9.17, 15) is 14.4 Å². The molecule has 1 fully saturated rings. The lowest BCUT2D eigenvalue weighted by atomic mass is 10.1. The predicted octanol–water partition coefficient (Wildman–Crippen LogP) is 2.03. The Balaban J connectivity index is 1.33. The summed E-state index contributed by atoms with van der Waals surface area (Å²) in [4.78, 5) is 45.8. The quantitative estimate of drug-likeness (QED) is 0.756. The van der Waals surface area contributed by atoms with Crippen LogP contribution in [0.1, 0.15) is 13.3 Å². The van der Waals surface area contributed by atoms with Gasteiger partial charge in [-0.05, 0) is 38.2 Å². The Morgan fingerprint density at radius 2 is 1.58 bits per heavy atom. The molecule has 0 aliphatic carbocycles. The maximum absolute atomic E-state index is 13.2. The van der Waals surface area contributed by atoms with E-state index in [4.69, 9.17) is 0 Å². The summed E-state index contributed by atoms with van der Waals surface area (Å²) >= 11 is 0. The molecule has 8 heteroatoms. The summed E-state index contributed by atoms with van der Waals surface area (Å²) in [6.07, 6.45) is 0.231. The molecular weight excluding hydrogens is 418 g/mol. The van der Waals surface area contributed by atoms with E-state index in [1.807, 2.05) is 48.2 Å². The first kappa shape index (κ1) is 22.8. The molecule has 0 bridgehead atoms. The van der Waals surface area contributed by atoms with E-state index in [0.717, 1.165) is 13.1 Å². The monoisotopic (exact) mass is 449 g/mol. The summed E-state index contributed by atoms with van der Waals surface area (Å²) in [5.41, 5.74) is 2.50. The fraction of sp³-hybridized carbons (Fsp3) is 0.400. The Morgan fingerprint density at radius 1 is 0.939 bits per heavy atom. The van der Waals surface area contributed by atoms with Crippen molar-refractivity contribution < 1.29 is 14.4 Å². The molecule has 174 valence electrons. The first-order valence-electron chi connectivity index (χ1n) is 11.4. The number of piperazine rings is 1. The molecule has 2 aromatic rings. The van der Waals surface area contributed by atoms with Gasteiger partial charge in [-0.1, -0.05) is 30.3 Å². The fourth-order valence-corrected chi connectivity index (χ4v) is 4.51. The molecule has 0 aromatic heterocycles. The molecule has 2 aromatic carbocycles. The number of nitrogens with one attached hydrogen (secondary N) is 1. The van der Waals surface area contributed by atoms with E-state index < -0.39 is 0 Å². The maximum Gasteiger partial charge on any atom is 0.241 e. The highest BCUT2D eigenvalue weighted by atomic mass is 16.2. The van der Waals surface area contributed by atoms with Crippen LogP contribution < -0.4 is 15.1 Å². The van der Waals surface area contributed by atoms with E-state index >= 15 is 0 Å². The van der Waals surface area contributed by atoms with Crippen LogP contribution in [-0.2, 0) is 14.4 Å². The zero-order valence-electron chi connectivity index (χ0n) is 19.2. The van der Waals surface area contributed by atoms with Crippen LogP contribution in [0.5, 0.6) is 0 Å². The summed E-state index contributed by atoms with van der Waals surface area (Å²) in [7, 11) is 1.79. The Hall–Kier alpha value is -3.39. The number of carbonyl (C=O) groups is 3. The molecule has 3 amide bonds. The number of fused-ring (bicyclic) bond motifs is 1. The molecule has 2 aliphatic heterocycles. The van der Waals surface area contributed by atoms with Crippen molar-refractivity contribution in [2.24, 2.45) is 0 Å². The lowest BCUT2D eigenvalue weighted by molar-refractivity contribution is -0.132. The molecule has 1 saturated heterocycles. The average Bonchev–Trinajstić information content (AvgIpc) is 2.93. The zero-order valence-corrected chi connectivity index (χ0v) is 19.2. The molecule has 0 spiro atoms. The summed E-state index contributed by atoms with van der Waals surface area (Å²) in [6, 6.07) is 17.3. The van der Waals surface area contributed by atoms with Crippen molar-refractivity contribution in [3.05, 3.63) is 54.6 Å². The van der Waals surface area contributed by atoms with Gasteiger partial charge in [-0.2, -0.15) is 0 Å². The lowest BCUT2D eigenvalue weighted by Gasteiger charge is -2.37. The van der Waals surface area contributed by atoms with Crippen molar-refractivity contribution >= 4 is 34.8 Å². The van der Waals surface area contributed by atoms with Gasteiger partial charge in [0.05, 0.1) is 24.5 Å². The Labute approximate surface area is 194 Å². The minimum absolute atomic E-state index is 0.0270. The molecule has 8 nitrogen and oxygen atoms in total. The normalized spacial score (nSPS) is 18.6. The molecule has 0 radical (unpaired) electrons. The topological polar surface area (TPSA) is 76.2 Å². The molecule has 1 unspecified atom stereocenters. The number of amides is 3. The summed E-state index contributed by atoms with van der Waals surface area (Å²) in [6.45, 7) is 5.07. The standard InChI is InChI=1S/C25H31N5O3/c1-19-16-23(31)26-21-10-6-7-11-22(21)30(19)25(33)18-27(2)17-24(32)29-14-12-28(13-15-29)20-8-4-3-5-9-20/h3-11,19H,12-18H2,1-2H3,(H,26,31). The van der Waals surface area contributed by atoms with Crippen LogP contribution in [0, 0.1) is 0 Å². The summed E-state index contributed by atoms with van der Waals surface area (Å²) in [5, 5.41) is 2.87. The minimum Gasteiger partial charge on any atom is -0.368 e. The molecule has 33 heavy (non-hydrogen) atoms. The lowest BCUT2D eigenvalue weighted by Crippen LogP contribution is -2.52. The number of rotatable bonds is 5. The smallest absolute Gasteiger partial charge is 0.241 e. The van der Waals surface area contributed by atoms with Gasteiger partial charge in [-0.25, -0.2) is 0 Å². The highest BCUT2D eigenvalue weighted by Crippen LogP contribution is 2.31. The van der Waals surface area contributed by atoms with Gasteiger partial charge in [-0.15, -0.1) is 0 Å². The van der Waals surface area contributed by atoms with Crippen molar-refractivity contribution in [1.82, 2.24) is 9.80 Å². The number of anilines is 3. The first-order valence-corrected chi connectivity index (χ1v) is 11.4. The van der Waals surface area contributed by atoms with Crippen molar-refractivity contribution in [2.75, 3.05) is 61.4 Å². The van der Waals surface area contributed by atoms with Crippen LogP contribution >= 0.6 is 0 Å². The molecule has 2 heterocycles. The Bertz CT molecular complexity index is 1000. The van der Waals surface area contributed by atoms with Crippen molar-refractivity contribution in [2.45, 2.75) is 19.4 Å². The molecule has 1 atom stereocenters. The third-order valence-corrected chi connectivity index (χ3v) is 6.19. The third-order valence-electron chi connectivity index (χ3n) is 6.19. The van der Waals surface area contributed by atoms with Gasteiger partial charge in [0.25, 0.3) is 0 Å². The number of hydrogen-bond donors (Lipinski definition) is 1. The van der Waals surface area contributed by atoms with Crippen molar-refractivity contribution in [3.63, 3.8) is 0 Å². The van der Waals surface area contributed by atoms with Gasteiger partial charge in [-0.3, -0.25) is 19.3 Å². The number of hydrogen-bond acceptors (Lipinski definition) is 5. The minimum atomic E-state index is -0.267. The van der Waals surface area contributed by atoms with E-state index in [1.165, 1.54) is 5.69 Å². The highest BCUT2D eigenvalue weighted by molar-refractivity contribution is 6.05. The molecule has 2 aliphatic rings. The summed E-state index contributed by atoms with van der Waals surface area (Å²) in [5.74, 6) is -0.210. The van der Waals surface area contributed by atoms with Gasteiger partial charge in [0.2, 0.25) is 17.7 Å². The van der Waals surface area contributed by atoms with Crippen LogP contribution in [-0.4, -0.2) is 79.9 Å². The summed E-state index contributed by atoms with van der Waals surface area (Å²) < 4.78 is 0. The second kappa shape index (κ2) is 10.0. The molecule has 4 rings (SSSR count). The second-order valence-electron chi connectivity index (χ2n) is 8.76. The van der Waals surface area contributed by atoms with E-state index in [1.54, 1.807) is 22.9 Å². The van der Waals surface area contributed by atoms with Crippen LogP contribution in [0.15, 0.2) is 54.6 Å². The Kier molecular flexibility index (Phi) is 6.93. The SMILES string of the molecule is CC1CC(=O)Nc2ccccc2N1C(=O)CN(C)CC(=O)N1CCN(c2ccccc2)CC1. The molecular formula is C25H31N5O3. The zero-order chi connectivity index (χ0) is 23.4. The number of nitrogens with zero attached hydrogens (tertiary/aromatic N) is 4. The van der Waals surface area contributed by atoms with Gasteiger partial charge in [0.15, 0.2) is 0 Å². The second-order valence-corrected chi connectivity index (χ2v) is 8.76. The first-order chi connectivity index (χ1) is 15.9. The van der Waals surface area contributed by atoms with Crippen LogP contribution in [0.3, 0.4) is 0 Å². The van der Waals surface area contributed by atoms with Crippen molar-refractivity contribution in [3.8, 4) is 0 Å². The molecule has 1 N–H and O–H groups in total. The number of likely N-dealkylation sites (N-methyl/N-ethyl adjacent to an activating group) is 1. The van der Waals surface area contributed by atoms with Gasteiger partial charge in [0.1, 0.15) is 0 Å². The number of para-hydroxylation sites is 3. The van der Waals surface area contributed by atoms with Crippen LogP contribution in [0.2, 0.25) is 0 Å². The average molecular weight is 450 g/mol. The Morgan fingerprint density at radius 3 is 2.30 bits per heavy atom. The predicted molar refractivity (Wildman–Crippen MR) is 129 cm³/mol.